The number of carbonyl (C=O) groups is 1. The smallest absolute Gasteiger partial charge is 0.260 e. The Morgan fingerprint density at radius 1 is 1.28 bits per heavy atom. The summed E-state index contributed by atoms with van der Waals surface area (Å²) in [6.45, 7) is 4.18. The number of nitrogens with zero attached hydrogens (tertiary/aromatic N) is 3. The van der Waals surface area contributed by atoms with Gasteiger partial charge in [0.25, 0.3) is 11.5 Å². The lowest BCUT2D eigenvalue weighted by Gasteiger charge is -2.35. The summed E-state index contributed by atoms with van der Waals surface area (Å²) in [7, 11) is 0. The second-order valence-electron chi connectivity index (χ2n) is 7.42. The van der Waals surface area contributed by atoms with Gasteiger partial charge < -0.3 is 14.6 Å². The molecule has 7 nitrogen and oxygen atoms in total. The number of aromatic amines is 1. The zero-order valence-corrected chi connectivity index (χ0v) is 17.6. The van der Waals surface area contributed by atoms with Gasteiger partial charge in [0, 0.05) is 48.6 Å². The van der Waals surface area contributed by atoms with Gasteiger partial charge in [-0.1, -0.05) is 6.07 Å². The van der Waals surface area contributed by atoms with Crippen molar-refractivity contribution in [3.63, 3.8) is 0 Å². The minimum Gasteiger partial charge on any atom is -0.368 e. The van der Waals surface area contributed by atoms with Crippen molar-refractivity contribution in [2.45, 2.75) is 25.5 Å². The summed E-state index contributed by atoms with van der Waals surface area (Å²) in [5.41, 5.74) is 0.878. The van der Waals surface area contributed by atoms with E-state index < -0.39 is 0 Å². The molecule has 9 heteroatoms. The highest BCUT2D eigenvalue weighted by Gasteiger charge is 2.30. The normalized spacial score (nSPS) is 20.6. The number of rotatable bonds is 4. The van der Waals surface area contributed by atoms with E-state index in [4.69, 9.17) is 9.72 Å². The summed E-state index contributed by atoms with van der Waals surface area (Å²) >= 11 is 3.14. The highest BCUT2D eigenvalue weighted by atomic mass is 32.1. The van der Waals surface area contributed by atoms with Crippen LogP contribution in [0.2, 0.25) is 0 Å². The fourth-order valence-electron chi connectivity index (χ4n) is 4.00. The van der Waals surface area contributed by atoms with Crippen LogP contribution >= 0.6 is 22.7 Å². The minimum atomic E-state index is -0.252. The quantitative estimate of drug-likeness (QED) is 0.688. The number of thiophene rings is 2. The van der Waals surface area contributed by atoms with Crippen LogP contribution in [0.15, 0.2) is 27.7 Å². The third kappa shape index (κ3) is 3.75. The first-order valence-electron chi connectivity index (χ1n) is 9.86. The standard InChI is InChI=1S/C20H22N4O3S2/c25-18-17-13(15-4-2-10-28-15)12-29-19(17)22-16(21-18)11-23-5-7-24(8-6-23)20(26)14-3-1-9-27-14/h2,4,10,12,14H,1,3,5-9,11H2,(H,21,22,25). The number of fused-ring (bicyclic) bond motifs is 1. The molecule has 3 aromatic heterocycles. The van der Waals surface area contributed by atoms with Gasteiger partial charge >= 0.3 is 0 Å². The largest absolute Gasteiger partial charge is 0.368 e. The topological polar surface area (TPSA) is 78.5 Å². The van der Waals surface area contributed by atoms with E-state index in [1.165, 1.54) is 11.3 Å². The van der Waals surface area contributed by atoms with Crippen molar-refractivity contribution < 1.29 is 9.53 Å². The first kappa shape index (κ1) is 18.9. The summed E-state index contributed by atoms with van der Waals surface area (Å²) in [6, 6.07) is 4.01. The number of aromatic nitrogens is 2. The van der Waals surface area contributed by atoms with E-state index in [0.29, 0.717) is 37.5 Å². The third-order valence-electron chi connectivity index (χ3n) is 5.54. The molecule has 1 atom stereocenters. The van der Waals surface area contributed by atoms with Crippen LogP contribution in [-0.4, -0.2) is 64.6 Å². The predicted molar refractivity (Wildman–Crippen MR) is 114 cm³/mol. The lowest BCUT2D eigenvalue weighted by atomic mass is 10.2. The molecular formula is C20H22N4O3S2. The summed E-state index contributed by atoms with van der Waals surface area (Å²) in [6.07, 6.45) is 1.55. The molecule has 2 aliphatic rings. The van der Waals surface area contributed by atoms with Crippen molar-refractivity contribution >= 4 is 38.8 Å². The van der Waals surface area contributed by atoms with Crippen molar-refractivity contribution in [1.82, 2.24) is 19.8 Å². The maximum Gasteiger partial charge on any atom is 0.260 e. The Hall–Kier alpha value is -2.07. The van der Waals surface area contributed by atoms with Gasteiger partial charge in [-0.2, -0.15) is 0 Å². The maximum atomic E-state index is 12.7. The Balaban J connectivity index is 1.27. The molecule has 1 N–H and O–H groups in total. The van der Waals surface area contributed by atoms with Crippen LogP contribution in [0.25, 0.3) is 20.7 Å². The van der Waals surface area contributed by atoms with Gasteiger partial charge in [-0.3, -0.25) is 14.5 Å². The average Bonchev–Trinajstić information content (AvgIpc) is 3.48. The minimum absolute atomic E-state index is 0.0816. The lowest BCUT2D eigenvalue weighted by molar-refractivity contribution is -0.142. The van der Waals surface area contributed by atoms with Gasteiger partial charge in [-0.25, -0.2) is 4.98 Å². The van der Waals surface area contributed by atoms with E-state index in [0.717, 1.165) is 41.2 Å². The second-order valence-corrected chi connectivity index (χ2v) is 9.23. The molecule has 2 saturated heterocycles. The summed E-state index contributed by atoms with van der Waals surface area (Å²) in [4.78, 5) is 38.9. The number of amides is 1. The number of piperazine rings is 1. The van der Waals surface area contributed by atoms with Crippen LogP contribution in [0.4, 0.5) is 0 Å². The van der Waals surface area contributed by atoms with Gasteiger partial charge in [-0.05, 0) is 24.3 Å². The van der Waals surface area contributed by atoms with E-state index in [9.17, 15) is 9.59 Å². The molecule has 5 heterocycles. The van der Waals surface area contributed by atoms with Crippen molar-refractivity contribution in [2.75, 3.05) is 32.8 Å². The van der Waals surface area contributed by atoms with E-state index in [1.54, 1.807) is 11.3 Å². The van der Waals surface area contributed by atoms with Crippen LogP contribution < -0.4 is 5.56 Å². The highest BCUT2D eigenvalue weighted by molar-refractivity contribution is 7.18. The monoisotopic (exact) mass is 430 g/mol. The Bertz CT molecular complexity index is 1060. The third-order valence-corrected chi connectivity index (χ3v) is 7.32. The lowest BCUT2D eigenvalue weighted by Crippen LogP contribution is -2.51. The predicted octanol–water partition coefficient (Wildman–Crippen LogP) is 2.54. The summed E-state index contributed by atoms with van der Waals surface area (Å²) in [5, 5.41) is 4.70. The number of ether oxygens (including phenoxy) is 1. The van der Waals surface area contributed by atoms with Crippen molar-refractivity contribution in [3.8, 4) is 10.4 Å². The Morgan fingerprint density at radius 2 is 2.14 bits per heavy atom. The fraction of sp³-hybridized carbons (Fsp3) is 0.450. The molecule has 3 aromatic rings. The molecular weight excluding hydrogens is 408 g/mol. The molecule has 2 fully saturated rings. The molecule has 0 bridgehead atoms. The first-order chi connectivity index (χ1) is 14.2. The molecule has 29 heavy (non-hydrogen) atoms. The zero-order chi connectivity index (χ0) is 19.8. The Labute approximate surface area is 175 Å². The molecule has 0 saturated carbocycles. The van der Waals surface area contributed by atoms with Gasteiger partial charge in [0.1, 0.15) is 16.8 Å². The van der Waals surface area contributed by atoms with Gasteiger partial charge in [-0.15, -0.1) is 22.7 Å². The van der Waals surface area contributed by atoms with E-state index >= 15 is 0 Å². The number of carbonyl (C=O) groups excluding carboxylic acids is 1. The maximum absolute atomic E-state index is 12.7. The molecule has 5 rings (SSSR count). The number of hydrogen-bond acceptors (Lipinski definition) is 7. The fourth-order valence-corrected chi connectivity index (χ4v) is 5.78. The van der Waals surface area contributed by atoms with E-state index in [2.05, 4.69) is 9.88 Å². The van der Waals surface area contributed by atoms with Crippen molar-refractivity contribution in [3.05, 3.63) is 39.1 Å². The van der Waals surface area contributed by atoms with Crippen LogP contribution in [0, 0.1) is 0 Å². The molecule has 0 spiro atoms. The first-order valence-corrected chi connectivity index (χ1v) is 11.6. The molecule has 152 valence electrons. The molecule has 0 aliphatic carbocycles. The van der Waals surface area contributed by atoms with Crippen LogP contribution in [-0.2, 0) is 16.1 Å². The van der Waals surface area contributed by atoms with E-state index in [1.807, 2.05) is 27.8 Å². The molecule has 1 amide bonds. The number of nitrogens with one attached hydrogen (secondary N) is 1. The molecule has 2 aliphatic heterocycles. The summed E-state index contributed by atoms with van der Waals surface area (Å²) < 4.78 is 5.52. The van der Waals surface area contributed by atoms with Gasteiger partial charge in [0.15, 0.2) is 0 Å². The number of H-pyrrole nitrogens is 1. The van der Waals surface area contributed by atoms with Crippen molar-refractivity contribution in [2.24, 2.45) is 0 Å². The SMILES string of the molecule is O=C(C1CCCO1)N1CCN(Cc2nc3scc(-c4cccs4)c3c(=O)[nH]2)CC1. The van der Waals surface area contributed by atoms with Crippen LogP contribution in [0.5, 0.6) is 0 Å². The van der Waals surface area contributed by atoms with Crippen molar-refractivity contribution in [1.29, 1.82) is 0 Å². The zero-order valence-electron chi connectivity index (χ0n) is 15.9. The van der Waals surface area contributed by atoms with Crippen LogP contribution in [0.1, 0.15) is 18.7 Å². The Morgan fingerprint density at radius 3 is 2.86 bits per heavy atom. The highest BCUT2D eigenvalue weighted by Crippen LogP contribution is 2.33. The van der Waals surface area contributed by atoms with E-state index in [-0.39, 0.29) is 17.6 Å². The average molecular weight is 431 g/mol. The van der Waals surface area contributed by atoms with Gasteiger partial charge in [0.2, 0.25) is 0 Å². The molecule has 1 unspecified atom stereocenters. The molecule has 0 aromatic carbocycles. The summed E-state index contributed by atoms with van der Waals surface area (Å²) in [5.74, 6) is 0.802. The second kappa shape index (κ2) is 7.98. The molecule has 0 radical (unpaired) electrons. The number of hydrogen-bond donors (Lipinski definition) is 1. The van der Waals surface area contributed by atoms with Gasteiger partial charge in [0.05, 0.1) is 11.9 Å². The van der Waals surface area contributed by atoms with Crippen LogP contribution in [0.3, 0.4) is 0 Å². The Kier molecular flexibility index (Phi) is 5.21.